The van der Waals surface area contributed by atoms with Crippen molar-refractivity contribution in [2.24, 2.45) is 23.7 Å². The van der Waals surface area contributed by atoms with E-state index >= 15 is 4.79 Å². The minimum absolute atomic E-state index is 0.125. The summed E-state index contributed by atoms with van der Waals surface area (Å²) in [5.41, 5.74) is 3.55. The Hall–Kier alpha value is -3.58. The SMILES string of the molecule is CCCN1C(=O)[C@H]2[C@H](CC=C3[C@H]2C[C@H]2C(=O)N(Nc4ccc(Cl)cc4Cl)C(=O)[C@@]2(c2ccc(OC)cc2)[C@H]3c2cc(OC)c(O)c(Br)c2Br)C1=O. The number of nitrogens with one attached hydrogen (secondary N) is 1. The Morgan fingerprint density at radius 2 is 1.67 bits per heavy atom. The molecular formula is C37H33Br2Cl2N3O7. The highest BCUT2D eigenvalue weighted by Gasteiger charge is 2.70. The van der Waals surface area contributed by atoms with Crippen molar-refractivity contribution in [3.8, 4) is 17.2 Å². The molecule has 3 fully saturated rings. The van der Waals surface area contributed by atoms with Crippen LogP contribution in [0.2, 0.25) is 10.0 Å². The number of hydrogen-bond acceptors (Lipinski definition) is 8. The van der Waals surface area contributed by atoms with Crippen molar-refractivity contribution >= 4 is 84.4 Å². The number of benzene rings is 3. The maximum atomic E-state index is 15.4. The third-order valence-electron chi connectivity index (χ3n) is 10.8. The number of phenols is 1. The molecule has 0 radical (unpaired) electrons. The van der Waals surface area contributed by atoms with Gasteiger partial charge < -0.3 is 14.6 Å². The van der Waals surface area contributed by atoms with E-state index in [2.05, 4.69) is 37.3 Å². The molecule has 7 rings (SSSR count). The third kappa shape index (κ3) is 5.30. The minimum Gasteiger partial charge on any atom is -0.503 e. The Bertz CT molecular complexity index is 2030. The van der Waals surface area contributed by atoms with E-state index in [0.717, 1.165) is 10.6 Å². The lowest BCUT2D eigenvalue weighted by molar-refractivity contribution is -0.141. The first-order chi connectivity index (χ1) is 24.4. The van der Waals surface area contributed by atoms with E-state index in [9.17, 15) is 19.5 Å². The second-order valence-electron chi connectivity index (χ2n) is 13.2. The van der Waals surface area contributed by atoms with Gasteiger partial charge in [0.15, 0.2) is 11.5 Å². The van der Waals surface area contributed by atoms with Crippen LogP contribution in [-0.4, -0.2) is 59.4 Å². The van der Waals surface area contributed by atoms with Crippen LogP contribution in [0, 0.1) is 23.7 Å². The molecule has 2 saturated heterocycles. The van der Waals surface area contributed by atoms with Crippen LogP contribution in [-0.2, 0) is 24.6 Å². The Morgan fingerprint density at radius 1 is 0.941 bits per heavy atom. The molecule has 266 valence electrons. The highest BCUT2D eigenvalue weighted by atomic mass is 79.9. The molecule has 0 aromatic heterocycles. The Morgan fingerprint density at radius 3 is 2.31 bits per heavy atom. The first-order valence-electron chi connectivity index (χ1n) is 16.4. The topological polar surface area (TPSA) is 125 Å². The molecule has 51 heavy (non-hydrogen) atoms. The van der Waals surface area contributed by atoms with Gasteiger partial charge in [0, 0.05) is 22.0 Å². The quantitative estimate of drug-likeness (QED) is 0.175. The molecule has 14 heteroatoms. The lowest BCUT2D eigenvalue weighted by Gasteiger charge is -2.51. The molecule has 2 N–H and O–H groups in total. The highest BCUT2D eigenvalue weighted by Crippen LogP contribution is 2.65. The number of anilines is 1. The van der Waals surface area contributed by atoms with Crippen LogP contribution in [0.15, 0.2) is 69.1 Å². The number of ether oxygens (including phenoxy) is 2. The molecule has 0 bridgehead atoms. The van der Waals surface area contributed by atoms with Crippen molar-refractivity contribution in [1.29, 1.82) is 0 Å². The summed E-state index contributed by atoms with van der Waals surface area (Å²) >= 11 is 19.9. The number of hydrogen-bond donors (Lipinski definition) is 2. The van der Waals surface area contributed by atoms with Crippen LogP contribution in [0.1, 0.15) is 43.2 Å². The largest absolute Gasteiger partial charge is 0.503 e. The molecule has 4 amide bonds. The van der Waals surface area contributed by atoms with Gasteiger partial charge in [-0.1, -0.05) is 53.9 Å². The molecule has 0 unspecified atom stereocenters. The zero-order valence-electron chi connectivity index (χ0n) is 27.7. The zero-order valence-corrected chi connectivity index (χ0v) is 32.4. The average molecular weight is 862 g/mol. The molecule has 6 atom stereocenters. The summed E-state index contributed by atoms with van der Waals surface area (Å²) < 4.78 is 11.8. The van der Waals surface area contributed by atoms with Crippen molar-refractivity contribution in [3.05, 3.63) is 90.3 Å². The molecule has 3 aromatic carbocycles. The molecule has 0 spiro atoms. The molecule has 4 aliphatic rings. The number of amides is 4. The summed E-state index contributed by atoms with van der Waals surface area (Å²) in [6, 6.07) is 13.4. The summed E-state index contributed by atoms with van der Waals surface area (Å²) in [7, 11) is 2.96. The van der Waals surface area contributed by atoms with Crippen molar-refractivity contribution in [2.75, 3.05) is 26.2 Å². The number of carbonyl (C=O) groups excluding carboxylic acids is 4. The molecule has 10 nitrogen and oxygen atoms in total. The zero-order chi connectivity index (χ0) is 36.5. The summed E-state index contributed by atoms with van der Waals surface area (Å²) in [4.78, 5) is 59.5. The third-order valence-corrected chi connectivity index (χ3v) is 13.5. The van der Waals surface area contributed by atoms with Gasteiger partial charge in [0.2, 0.25) is 11.8 Å². The fourth-order valence-electron chi connectivity index (χ4n) is 8.67. The van der Waals surface area contributed by atoms with E-state index in [0.29, 0.717) is 51.4 Å². The van der Waals surface area contributed by atoms with Gasteiger partial charge in [0.25, 0.3) is 11.8 Å². The Kier molecular flexibility index (Phi) is 9.43. The van der Waals surface area contributed by atoms with Crippen LogP contribution >= 0.6 is 55.1 Å². The number of nitrogens with zero attached hydrogens (tertiary/aromatic N) is 2. The number of allylic oxidation sites excluding steroid dienone is 2. The summed E-state index contributed by atoms with van der Waals surface area (Å²) in [6.07, 6.45) is 3.00. The highest BCUT2D eigenvalue weighted by molar-refractivity contribution is 9.13. The molecule has 2 aliphatic carbocycles. The number of carbonyl (C=O) groups is 4. The van der Waals surface area contributed by atoms with Gasteiger partial charge in [-0.25, -0.2) is 0 Å². The summed E-state index contributed by atoms with van der Waals surface area (Å²) in [6.45, 7) is 2.22. The van der Waals surface area contributed by atoms with Gasteiger partial charge in [-0.15, -0.1) is 0 Å². The number of rotatable bonds is 8. The van der Waals surface area contributed by atoms with Crippen LogP contribution in [0.3, 0.4) is 0 Å². The van der Waals surface area contributed by atoms with Crippen molar-refractivity contribution in [3.63, 3.8) is 0 Å². The number of aromatic hydroxyl groups is 1. The van der Waals surface area contributed by atoms with Crippen molar-refractivity contribution < 1.29 is 33.8 Å². The van der Waals surface area contributed by atoms with E-state index in [4.69, 9.17) is 32.7 Å². The number of likely N-dealkylation sites (tertiary alicyclic amines) is 1. The predicted molar refractivity (Wildman–Crippen MR) is 198 cm³/mol. The standard InChI is InChI=1S/C37H33Br2Cl2N3O7/c1-4-13-43-33(46)21-11-10-20-22(28(21)35(43)48)15-24-34(47)44(42-26-12-7-18(40)14-25(26)41)36(49)37(24,17-5-8-19(50-2)9-6-17)29(20)23-16-27(51-3)32(45)31(39)30(23)38/h5-10,12,14,16,21-22,24,28-29,42,45H,4,11,13,15H2,1-3H3/t21-,22+,24-,28-,29+,37+/m0/s1. The number of hydrazine groups is 1. The van der Waals surface area contributed by atoms with Crippen molar-refractivity contribution in [2.45, 2.75) is 37.5 Å². The monoisotopic (exact) mass is 859 g/mol. The average Bonchev–Trinajstić information content (AvgIpc) is 3.49. The fourth-order valence-corrected chi connectivity index (χ4v) is 10.1. The first-order valence-corrected chi connectivity index (χ1v) is 18.8. The number of methoxy groups -OCH3 is 2. The van der Waals surface area contributed by atoms with Crippen molar-refractivity contribution in [1.82, 2.24) is 9.91 Å². The lowest BCUT2D eigenvalue weighted by atomic mass is 9.49. The lowest BCUT2D eigenvalue weighted by Crippen LogP contribution is -2.53. The first kappa shape index (κ1) is 35.8. The molecule has 2 aliphatic heterocycles. The second kappa shape index (κ2) is 13.4. The number of fused-ring (bicyclic) bond motifs is 4. The van der Waals surface area contributed by atoms with Gasteiger partial charge in [-0.3, -0.25) is 29.5 Å². The van der Waals surface area contributed by atoms with Gasteiger partial charge in [0.05, 0.1) is 52.6 Å². The van der Waals surface area contributed by atoms with E-state index in [1.165, 1.54) is 25.2 Å². The molecule has 3 aromatic rings. The Labute approximate surface area is 321 Å². The molecule has 1 saturated carbocycles. The predicted octanol–water partition coefficient (Wildman–Crippen LogP) is 7.64. The van der Waals surface area contributed by atoms with E-state index < -0.39 is 46.8 Å². The number of phenolic OH excluding ortho intramolecular Hbond substituents is 1. The van der Waals surface area contributed by atoms with Crippen LogP contribution in [0.5, 0.6) is 17.2 Å². The number of halogens is 4. The van der Waals surface area contributed by atoms with Gasteiger partial charge >= 0.3 is 0 Å². The normalized spacial score (nSPS) is 26.9. The van der Waals surface area contributed by atoms with E-state index in [1.54, 1.807) is 42.5 Å². The fraction of sp³-hybridized carbons (Fsp3) is 0.351. The van der Waals surface area contributed by atoms with Crippen LogP contribution < -0.4 is 14.9 Å². The summed E-state index contributed by atoms with van der Waals surface area (Å²) in [5.74, 6) is -4.72. The van der Waals surface area contributed by atoms with Gasteiger partial charge in [-0.05, 0) is 105 Å². The Balaban J connectivity index is 1.51. The maximum Gasteiger partial charge on any atom is 0.260 e. The minimum atomic E-state index is -1.58. The maximum absolute atomic E-state index is 15.4. The molecular weight excluding hydrogens is 829 g/mol. The number of imide groups is 2. The van der Waals surface area contributed by atoms with E-state index in [1.807, 2.05) is 13.0 Å². The van der Waals surface area contributed by atoms with E-state index in [-0.39, 0.29) is 39.2 Å². The van der Waals surface area contributed by atoms with Crippen LogP contribution in [0.4, 0.5) is 5.69 Å². The van der Waals surface area contributed by atoms with Crippen LogP contribution in [0.25, 0.3) is 0 Å². The van der Waals surface area contributed by atoms with Gasteiger partial charge in [0.1, 0.15) is 5.75 Å². The second-order valence-corrected chi connectivity index (χ2v) is 15.6. The smallest absolute Gasteiger partial charge is 0.260 e. The summed E-state index contributed by atoms with van der Waals surface area (Å²) in [5, 5.41) is 12.6. The van der Waals surface area contributed by atoms with Gasteiger partial charge in [-0.2, -0.15) is 5.01 Å². The molecule has 2 heterocycles.